The Balaban J connectivity index is 3.12. The normalized spacial score (nSPS) is 19.0. The number of amides is 2. The molecule has 0 unspecified atom stereocenters. The summed E-state index contributed by atoms with van der Waals surface area (Å²) in [5, 5.41) is -0.386. The van der Waals surface area contributed by atoms with E-state index < -0.39 is 17.4 Å². The van der Waals surface area contributed by atoms with E-state index in [4.69, 9.17) is 23.2 Å². The van der Waals surface area contributed by atoms with Crippen molar-refractivity contribution in [3.63, 3.8) is 0 Å². The molecule has 0 fully saturated rings. The molecule has 0 aromatic rings. The smallest absolute Gasteiger partial charge is 0.267 e. The van der Waals surface area contributed by atoms with E-state index in [0.717, 1.165) is 4.90 Å². The quantitative estimate of drug-likeness (QED) is 0.586. The van der Waals surface area contributed by atoms with Crippen LogP contribution in [-0.4, -0.2) is 22.3 Å². The Hall–Kier alpha value is -0.540. The predicted molar refractivity (Wildman–Crippen MR) is 50.3 cm³/mol. The topological polar surface area (TPSA) is 37.4 Å². The van der Waals surface area contributed by atoms with Crippen LogP contribution in [0.1, 0.15) is 20.8 Å². The van der Waals surface area contributed by atoms with E-state index >= 15 is 0 Å². The molecule has 3 nitrogen and oxygen atoms in total. The van der Waals surface area contributed by atoms with Crippen molar-refractivity contribution in [3.8, 4) is 0 Å². The Bertz CT molecular complexity index is 291. The fourth-order valence-electron chi connectivity index (χ4n) is 1.09. The van der Waals surface area contributed by atoms with Crippen LogP contribution in [0.25, 0.3) is 0 Å². The largest absolute Gasteiger partial charge is 0.274 e. The highest BCUT2D eigenvalue weighted by Gasteiger charge is 2.42. The lowest BCUT2D eigenvalue weighted by Crippen LogP contribution is -2.46. The number of hydrogen-bond acceptors (Lipinski definition) is 2. The van der Waals surface area contributed by atoms with Gasteiger partial charge >= 0.3 is 0 Å². The number of nitrogens with zero attached hydrogens (tertiary/aromatic N) is 1. The molecule has 0 radical (unpaired) electrons. The molecule has 0 N–H and O–H groups in total. The molecule has 1 heterocycles. The average Bonchev–Trinajstić information content (AvgIpc) is 2.14. The van der Waals surface area contributed by atoms with Gasteiger partial charge in [-0.2, -0.15) is 0 Å². The molecule has 1 aliphatic rings. The van der Waals surface area contributed by atoms with Gasteiger partial charge < -0.3 is 0 Å². The first-order valence-corrected chi connectivity index (χ1v) is 4.46. The molecular weight excluding hydrogens is 213 g/mol. The predicted octanol–water partition coefficient (Wildman–Crippen LogP) is 1.84. The molecule has 2 amide bonds. The van der Waals surface area contributed by atoms with Crippen LogP contribution in [-0.2, 0) is 9.59 Å². The number of carbonyl (C=O) groups is 2. The Morgan fingerprint density at radius 1 is 1.00 bits per heavy atom. The summed E-state index contributed by atoms with van der Waals surface area (Å²) in [5.74, 6) is -1.05. The lowest BCUT2D eigenvalue weighted by Gasteiger charge is -2.29. The molecule has 72 valence electrons. The van der Waals surface area contributed by atoms with Crippen LogP contribution in [0.4, 0.5) is 0 Å². The van der Waals surface area contributed by atoms with Gasteiger partial charge in [0.25, 0.3) is 11.8 Å². The highest BCUT2D eigenvalue weighted by atomic mass is 35.5. The lowest BCUT2D eigenvalue weighted by atomic mass is 10.1. The van der Waals surface area contributed by atoms with Crippen LogP contribution in [0.2, 0.25) is 0 Å². The first-order chi connectivity index (χ1) is 5.76. The molecule has 0 saturated carbocycles. The van der Waals surface area contributed by atoms with Crippen LogP contribution in [0.15, 0.2) is 10.1 Å². The zero-order valence-electron chi connectivity index (χ0n) is 7.52. The Labute approximate surface area is 86.3 Å². The number of hydrogen-bond donors (Lipinski definition) is 0. The summed E-state index contributed by atoms with van der Waals surface area (Å²) in [6, 6.07) is 0. The van der Waals surface area contributed by atoms with E-state index in [-0.39, 0.29) is 10.1 Å². The third-order valence-electron chi connectivity index (χ3n) is 1.65. The van der Waals surface area contributed by atoms with Gasteiger partial charge in [0.2, 0.25) is 0 Å². The van der Waals surface area contributed by atoms with Crippen molar-refractivity contribution < 1.29 is 9.59 Å². The Kier molecular flexibility index (Phi) is 2.43. The maximum atomic E-state index is 11.4. The molecule has 0 aromatic carbocycles. The average molecular weight is 222 g/mol. The van der Waals surface area contributed by atoms with E-state index in [1.165, 1.54) is 0 Å². The van der Waals surface area contributed by atoms with E-state index in [9.17, 15) is 9.59 Å². The maximum Gasteiger partial charge on any atom is 0.274 e. The van der Waals surface area contributed by atoms with Gasteiger partial charge in [-0.1, -0.05) is 23.2 Å². The summed E-state index contributed by atoms with van der Waals surface area (Å²) in [7, 11) is 0. The van der Waals surface area contributed by atoms with Gasteiger partial charge in [-0.05, 0) is 20.8 Å². The zero-order chi connectivity index (χ0) is 10.4. The number of imide groups is 1. The van der Waals surface area contributed by atoms with Crippen molar-refractivity contribution in [2.75, 3.05) is 0 Å². The van der Waals surface area contributed by atoms with Gasteiger partial charge in [-0.15, -0.1) is 0 Å². The van der Waals surface area contributed by atoms with E-state index in [2.05, 4.69) is 0 Å². The molecule has 1 rings (SSSR count). The highest BCUT2D eigenvalue weighted by molar-refractivity contribution is 6.58. The first kappa shape index (κ1) is 10.5. The van der Waals surface area contributed by atoms with Crippen LogP contribution < -0.4 is 0 Å². The summed E-state index contributed by atoms with van der Waals surface area (Å²) in [4.78, 5) is 23.9. The zero-order valence-corrected chi connectivity index (χ0v) is 9.03. The molecular formula is C8H9Cl2NO2. The van der Waals surface area contributed by atoms with Crippen molar-refractivity contribution in [2.45, 2.75) is 26.3 Å². The van der Waals surface area contributed by atoms with Crippen molar-refractivity contribution in [1.29, 1.82) is 0 Å². The second kappa shape index (κ2) is 3.00. The third kappa shape index (κ3) is 1.58. The first-order valence-electron chi connectivity index (χ1n) is 3.71. The Morgan fingerprint density at radius 3 is 1.46 bits per heavy atom. The molecule has 1 aliphatic heterocycles. The minimum absolute atomic E-state index is 0.193. The van der Waals surface area contributed by atoms with E-state index in [0.29, 0.717) is 0 Å². The van der Waals surface area contributed by atoms with E-state index in [1.807, 2.05) is 0 Å². The maximum absolute atomic E-state index is 11.4. The van der Waals surface area contributed by atoms with Gasteiger partial charge in [-0.3, -0.25) is 14.5 Å². The van der Waals surface area contributed by atoms with Crippen molar-refractivity contribution in [1.82, 2.24) is 4.90 Å². The Morgan fingerprint density at radius 2 is 1.31 bits per heavy atom. The van der Waals surface area contributed by atoms with Crippen LogP contribution in [0.3, 0.4) is 0 Å². The van der Waals surface area contributed by atoms with Crippen molar-refractivity contribution >= 4 is 35.0 Å². The fourth-order valence-corrected chi connectivity index (χ4v) is 1.42. The molecule has 0 bridgehead atoms. The monoisotopic (exact) mass is 221 g/mol. The number of carbonyl (C=O) groups excluding carboxylic acids is 2. The molecule has 5 heteroatoms. The highest BCUT2D eigenvalue weighted by Crippen LogP contribution is 2.31. The van der Waals surface area contributed by atoms with Crippen LogP contribution in [0.5, 0.6) is 0 Å². The summed E-state index contributed by atoms with van der Waals surface area (Å²) in [6.07, 6.45) is 0. The van der Waals surface area contributed by atoms with E-state index in [1.54, 1.807) is 20.8 Å². The standard InChI is InChI=1S/C8H9Cl2NO2/c1-8(2,3)11-6(12)4(9)5(10)7(11)13/h1-3H3. The minimum Gasteiger partial charge on any atom is -0.267 e. The summed E-state index contributed by atoms with van der Waals surface area (Å²) >= 11 is 11.1. The molecule has 0 aliphatic carbocycles. The molecule has 0 aromatic heterocycles. The van der Waals surface area contributed by atoms with Gasteiger partial charge in [0.1, 0.15) is 10.1 Å². The van der Waals surface area contributed by atoms with Gasteiger partial charge in [0.15, 0.2) is 0 Å². The number of rotatable bonds is 0. The summed E-state index contributed by atoms with van der Waals surface area (Å²) in [5.41, 5.74) is -0.592. The molecule has 0 saturated heterocycles. The van der Waals surface area contributed by atoms with Gasteiger partial charge in [-0.25, -0.2) is 0 Å². The number of halogens is 2. The second-order valence-electron chi connectivity index (χ2n) is 3.74. The SMILES string of the molecule is CC(C)(C)N1C(=O)C(Cl)=C(Cl)C1=O. The van der Waals surface area contributed by atoms with Crippen molar-refractivity contribution in [3.05, 3.63) is 10.1 Å². The van der Waals surface area contributed by atoms with Crippen LogP contribution in [0, 0.1) is 0 Å². The third-order valence-corrected chi connectivity index (χ3v) is 2.44. The van der Waals surface area contributed by atoms with Crippen LogP contribution >= 0.6 is 23.2 Å². The molecule has 13 heavy (non-hydrogen) atoms. The summed E-state index contributed by atoms with van der Waals surface area (Å²) < 4.78 is 0. The van der Waals surface area contributed by atoms with Crippen molar-refractivity contribution in [2.24, 2.45) is 0 Å². The second-order valence-corrected chi connectivity index (χ2v) is 4.50. The van der Waals surface area contributed by atoms with Gasteiger partial charge in [0.05, 0.1) is 0 Å². The minimum atomic E-state index is -0.592. The lowest BCUT2D eigenvalue weighted by molar-refractivity contribution is -0.142. The molecule has 0 atom stereocenters. The van der Waals surface area contributed by atoms with Gasteiger partial charge in [0, 0.05) is 5.54 Å². The fraction of sp³-hybridized carbons (Fsp3) is 0.500. The molecule has 0 spiro atoms. The summed E-state index contributed by atoms with van der Waals surface area (Å²) in [6.45, 7) is 5.22.